The number of anilines is 3. The Kier molecular flexibility index (Phi) is 5.70. The number of aliphatic imine (C=N–C) groups is 1. The maximum atomic E-state index is 13.2. The molecule has 0 bridgehead atoms. The van der Waals surface area contributed by atoms with E-state index in [0.29, 0.717) is 11.6 Å². The van der Waals surface area contributed by atoms with Gasteiger partial charge in [-0.25, -0.2) is 14.8 Å². The molecule has 1 aliphatic rings. The summed E-state index contributed by atoms with van der Waals surface area (Å²) in [4.78, 5) is 28.0. The third-order valence-corrected chi connectivity index (χ3v) is 5.00. The number of hydrogen-bond donors (Lipinski definition) is 2. The normalized spacial score (nSPS) is 15.9. The molecule has 1 aromatic carbocycles. The first-order valence-electron chi connectivity index (χ1n) is 9.94. The lowest BCUT2D eigenvalue weighted by atomic mass is 10.1. The molecule has 3 heterocycles. The van der Waals surface area contributed by atoms with Crippen LogP contribution in [0.3, 0.4) is 0 Å². The van der Waals surface area contributed by atoms with Gasteiger partial charge in [-0.1, -0.05) is 24.3 Å². The Hall–Kier alpha value is -3.74. The van der Waals surface area contributed by atoms with E-state index in [4.69, 9.17) is 4.98 Å². The first-order chi connectivity index (χ1) is 14.7. The molecule has 0 radical (unpaired) electrons. The average Bonchev–Trinajstić information content (AvgIpc) is 2.92. The maximum Gasteiger partial charge on any atom is 0.328 e. The van der Waals surface area contributed by atoms with Crippen molar-refractivity contribution < 1.29 is 4.79 Å². The van der Waals surface area contributed by atoms with Gasteiger partial charge in [-0.3, -0.25) is 15.2 Å². The summed E-state index contributed by atoms with van der Waals surface area (Å²) >= 11 is 0. The summed E-state index contributed by atoms with van der Waals surface area (Å²) in [7, 11) is 1.75. The number of amides is 2. The lowest BCUT2D eigenvalue weighted by molar-refractivity contribution is 0.255. The third-order valence-electron chi connectivity index (χ3n) is 5.00. The number of aromatic nitrogens is 2. The molecule has 0 saturated heterocycles. The van der Waals surface area contributed by atoms with Crippen molar-refractivity contribution in [1.82, 2.24) is 9.97 Å². The largest absolute Gasteiger partial charge is 0.382 e. The molecule has 30 heavy (non-hydrogen) atoms. The van der Waals surface area contributed by atoms with Crippen molar-refractivity contribution in [3.8, 4) is 11.3 Å². The number of benzene rings is 1. The molecule has 4 rings (SSSR count). The van der Waals surface area contributed by atoms with E-state index in [-0.39, 0.29) is 12.1 Å². The molecule has 2 aromatic heterocycles. The highest BCUT2D eigenvalue weighted by Crippen LogP contribution is 2.32. The Morgan fingerprint density at radius 3 is 2.93 bits per heavy atom. The van der Waals surface area contributed by atoms with Gasteiger partial charge in [-0.15, -0.1) is 0 Å². The number of urea groups is 1. The fourth-order valence-electron chi connectivity index (χ4n) is 3.51. The van der Waals surface area contributed by atoms with Crippen molar-refractivity contribution >= 4 is 29.6 Å². The predicted octanol–water partition coefficient (Wildman–Crippen LogP) is 4.43. The molecular weight excluding hydrogens is 376 g/mol. The minimum atomic E-state index is -0.248. The van der Waals surface area contributed by atoms with Crippen molar-refractivity contribution in [2.75, 3.05) is 29.1 Å². The molecule has 1 atom stereocenters. The number of carbonyl (C=O) groups excluding carboxylic acids is 1. The van der Waals surface area contributed by atoms with Crippen LogP contribution in [0.5, 0.6) is 0 Å². The summed E-state index contributed by atoms with van der Waals surface area (Å²) in [5.74, 6) is 1.12. The van der Waals surface area contributed by atoms with E-state index in [1.807, 2.05) is 61.7 Å². The molecule has 2 N–H and O–H groups in total. The molecule has 2 amide bonds. The Balaban J connectivity index is 1.72. The lowest BCUT2D eigenvalue weighted by Gasteiger charge is -2.27. The van der Waals surface area contributed by atoms with E-state index >= 15 is 0 Å². The predicted molar refractivity (Wildman–Crippen MR) is 121 cm³/mol. The molecule has 0 fully saturated rings. The third kappa shape index (κ3) is 4.15. The summed E-state index contributed by atoms with van der Waals surface area (Å²) in [6, 6.07) is 17.1. The SMILES string of the molecule is CN=Cc1cccc(-c2ccc3c(n2)N(C(=O)Nc2ccccn2)[C@H](C)CCN3)c1. The van der Waals surface area contributed by atoms with Crippen LogP contribution in [0, 0.1) is 0 Å². The summed E-state index contributed by atoms with van der Waals surface area (Å²) in [5, 5.41) is 6.28. The second-order valence-electron chi connectivity index (χ2n) is 7.16. The van der Waals surface area contributed by atoms with Crippen LogP contribution in [0.25, 0.3) is 11.3 Å². The number of nitrogens with one attached hydrogen (secondary N) is 2. The van der Waals surface area contributed by atoms with E-state index in [9.17, 15) is 4.79 Å². The van der Waals surface area contributed by atoms with Crippen LogP contribution in [-0.2, 0) is 0 Å². The molecule has 0 spiro atoms. The van der Waals surface area contributed by atoms with Gasteiger partial charge in [-0.05, 0) is 49.2 Å². The highest BCUT2D eigenvalue weighted by molar-refractivity contribution is 6.03. The number of hydrogen-bond acceptors (Lipinski definition) is 5. The van der Waals surface area contributed by atoms with Crippen molar-refractivity contribution in [1.29, 1.82) is 0 Å². The van der Waals surface area contributed by atoms with Gasteiger partial charge in [0.15, 0.2) is 5.82 Å². The second kappa shape index (κ2) is 8.73. The molecule has 152 valence electrons. The van der Waals surface area contributed by atoms with Crippen LogP contribution < -0.4 is 15.5 Å². The fraction of sp³-hybridized carbons (Fsp3) is 0.217. The molecule has 7 heteroatoms. The topological polar surface area (TPSA) is 82.5 Å². The van der Waals surface area contributed by atoms with Gasteiger partial charge in [0.05, 0.1) is 11.4 Å². The van der Waals surface area contributed by atoms with Crippen LogP contribution in [-0.4, -0.2) is 41.8 Å². The Morgan fingerprint density at radius 1 is 1.23 bits per heavy atom. The van der Waals surface area contributed by atoms with Crippen molar-refractivity contribution in [2.45, 2.75) is 19.4 Å². The highest BCUT2D eigenvalue weighted by Gasteiger charge is 2.28. The first kappa shape index (κ1) is 19.6. The number of pyridine rings is 2. The molecule has 3 aromatic rings. The van der Waals surface area contributed by atoms with E-state index in [1.54, 1.807) is 24.2 Å². The number of nitrogens with zero attached hydrogens (tertiary/aromatic N) is 4. The minimum Gasteiger partial charge on any atom is -0.382 e. The van der Waals surface area contributed by atoms with E-state index in [0.717, 1.165) is 35.5 Å². The van der Waals surface area contributed by atoms with Crippen molar-refractivity contribution in [3.05, 3.63) is 66.4 Å². The Bertz CT molecular complexity index is 1070. The molecule has 7 nitrogen and oxygen atoms in total. The van der Waals surface area contributed by atoms with Gasteiger partial charge < -0.3 is 5.32 Å². The van der Waals surface area contributed by atoms with Gasteiger partial charge in [0, 0.05) is 37.6 Å². The van der Waals surface area contributed by atoms with Gasteiger partial charge in [-0.2, -0.15) is 0 Å². The van der Waals surface area contributed by atoms with Crippen molar-refractivity contribution in [2.24, 2.45) is 4.99 Å². The lowest BCUT2D eigenvalue weighted by Crippen LogP contribution is -2.42. The smallest absolute Gasteiger partial charge is 0.328 e. The van der Waals surface area contributed by atoms with Crippen LogP contribution in [0.1, 0.15) is 18.9 Å². The van der Waals surface area contributed by atoms with Gasteiger partial charge in [0.25, 0.3) is 0 Å². The van der Waals surface area contributed by atoms with E-state index in [1.165, 1.54) is 0 Å². The summed E-state index contributed by atoms with van der Waals surface area (Å²) in [6.07, 6.45) is 4.27. The monoisotopic (exact) mass is 400 g/mol. The average molecular weight is 400 g/mol. The zero-order valence-electron chi connectivity index (χ0n) is 17.0. The molecule has 0 unspecified atom stereocenters. The molecule has 0 aliphatic carbocycles. The minimum absolute atomic E-state index is 0.0243. The molecule has 0 saturated carbocycles. The van der Waals surface area contributed by atoms with E-state index < -0.39 is 0 Å². The van der Waals surface area contributed by atoms with Gasteiger partial charge in [0.2, 0.25) is 0 Å². The summed E-state index contributed by atoms with van der Waals surface area (Å²) in [5.41, 5.74) is 3.61. The second-order valence-corrected chi connectivity index (χ2v) is 7.16. The zero-order valence-corrected chi connectivity index (χ0v) is 17.0. The number of carbonyl (C=O) groups is 1. The van der Waals surface area contributed by atoms with Crippen LogP contribution >= 0.6 is 0 Å². The molecular formula is C23H24N6O. The van der Waals surface area contributed by atoms with Gasteiger partial charge in [0.1, 0.15) is 5.82 Å². The fourth-order valence-corrected chi connectivity index (χ4v) is 3.51. The standard InChI is InChI=1S/C23H24N6O/c1-16-11-13-25-20-10-9-19(18-7-5-6-17(14-18)15-24-2)27-22(20)29(16)23(30)28-21-8-3-4-12-26-21/h3-10,12,14-16,25H,11,13H2,1-2H3,(H,26,28,30)/t16-/m1/s1. The maximum absolute atomic E-state index is 13.2. The first-order valence-corrected chi connectivity index (χ1v) is 9.94. The summed E-state index contributed by atoms with van der Waals surface area (Å²) in [6.45, 7) is 2.80. The zero-order chi connectivity index (χ0) is 20.9. The summed E-state index contributed by atoms with van der Waals surface area (Å²) < 4.78 is 0. The number of rotatable bonds is 3. The quantitative estimate of drug-likeness (QED) is 0.637. The van der Waals surface area contributed by atoms with Crippen LogP contribution in [0.4, 0.5) is 22.1 Å². The van der Waals surface area contributed by atoms with Crippen molar-refractivity contribution in [3.63, 3.8) is 0 Å². The Labute approximate surface area is 175 Å². The number of fused-ring (bicyclic) bond motifs is 1. The van der Waals surface area contributed by atoms with E-state index in [2.05, 4.69) is 20.6 Å². The van der Waals surface area contributed by atoms with Crippen LogP contribution in [0.15, 0.2) is 65.8 Å². The van der Waals surface area contributed by atoms with Crippen LogP contribution in [0.2, 0.25) is 0 Å². The Morgan fingerprint density at radius 2 is 2.13 bits per heavy atom. The highest BCUT2D eigenvalue weighted by atomic mass is 16.2. The van der Waals surface area contributed by atoms with Gasteiger partial charge >= 0.3 is 6.03 Å². The molecule has 1 aliphatic heterocycles.